The van der Waals surface area contributed by atoms with Crippen LogP contribution in [0.15, 0.2) is 77.9 Å². The number of para-hydroxylation sites is 1. The highest BCUT2D eigenvalue weighted by atomic mass is 35.5. The monoisotopic (exact) mass is 374 g/mol. The average molecular weight is 375 g/mol. The zero-order valence-electron chi connectivity index (χ0n) is 15.0. The smallest absolute Gasteiger partial charge is 0.213 e. The van der Waals surface area contributed by atoms with Crippen molar-refractivity contribution in [2.75, 3.05) is 0 Å². The summed E-state index contributed by atoms with van der Waals surface area (Å²) in [5.74, 6) is 0.920. The SMILES string of the molecule is Cc1ccc(C2=NN3C(C2)c2ccccc2OC3c2cccc(Cl)c2)cc1. The number of hydrogen-bond donors (Lipinski definition) is 0. The molecule has 5 rings (SSSR count). The number of benzene rings is 3. The van der Waals surface area contributed by atoms with Gasteiger partial charge in [-0.1, -0.05) is 71.8 Å². The van der Waals surface area contributed by atoms with E-state index in [9.17, 15) is 0 Å². The summed E-state index contributed by atoms with van der Waals surface area (Å²) >= 11 is 6.24. The van der Waals surface area contributed by atoms with E-state index in [1.165, 1.54) is 11.1 Å². The molecule has 0 radical (unpaired) electrons. The Morgan fingerprint density at radius 2 is 1.81 bits per heavy atom. The quantitative estimate of drug-likeness (QED) is 0.558. The molecule has 27 heavy (non-hydrogen) atoms. The molecule has 3 aromatic carbocycles. The van der Waals surface area contributed by atoms with E-state index in [-0.39, 0.29) is 12.3 Å². The van der Waals surface area contributed by atoms with Crippen molar-refractivity contribution >= 4 is 17.3 Å². The third-order valence-corrected chi connectivity index (χ3v) is 5.45. The van der Waals surface area contributed by atoms with Gasteiger partial charge in [-0.3, -0.25) is 0 Å². The molecule has 2 aliphatic heterocycles. The Balaban J connectivity index is 1.60. The van der Waals surface area contributed by atoms with Crippen molar-refractivity contribution in [1.82, 2.24) is 5.01 Å². The van der Waals surface area contributed by atoms with Crippen LogP contribution in [0.2, 0.25) is 5.02 Å². The molecule has 4 heteroatoms. The van der Waals surface area contributed by atoms with E-state index in [0.29, 0.717) is 5.02 Å². The largest absolute Gasteiger partial charge is 0.464 e. The minimum absolute atomic E-state index is 0.162. The maximum Gasteiger partial charge on any atom is 0.213 e. The van der Waals surface area contributed by atoms with Crippen LogP contribution in [-0.4, -0.2) is 10.7 Å². The van der Waals surface area contributed by atoms with Crippen molar-refractivity contribution in [3.63, 3.8) is 0 Å². The fraction of sp³-hybridized carbons (Fsp3) is 0.174. The van der Waals surface area contributed by atoms with Crippen LogP contribution in [-0.2, 0) is 0 Å². The molecular weight excluding hydrogens is 356 g/mol. The Kier molecular flexibility index (Phi) is 3.91. The lowest BCUT2D eigenvalue weighted by Crippen LogP contribution is -2.33. The zero-order valence-corrected chi connectivity index (χ0v) is 15.7. The summed E-state index contributed by atoms with van der Waals surface area (Å²) in [6, 6.07) is 24.8. The molecule has 0 amide bonds. The first-order chi connectivity index (χ1) is 13.2. The van der Waals surface area contributed by atoms with Crippen LogP contribution < -0.4 is 4.74 Å². The van der Waals surface area contributed by atoms with Crippen LogP contribution in [0.4, 0.5) is 0 Å². The molecule has 2 aliphatic rings. The summed E-state index contributed by atoms with van der Waals surface area (Å²) in [6.45, 7) is 2.10. The average Bonchev–Trinajstić information content (AvgIpc) is 3.13. The summed E-state index contributed by atoms with van der Waals surface area (Å²) in [5.41, 5.74) is 5.70. The summed E-state index contributed by atoms with van der Waals surface area (Å²) in [6.07, 6.45) is 0.576. The van der Waals surface area contributed by atoms with Crippen LogP contribution in [0.25, 0.3) is 0 Å². The van der Waals surface area contributed by atoms with Crippen molar-refractivity contribution in [2.45, 2.75) is 25.6 Å². The maximum atomic E-state index is 6.35. The van der Waals surface area contributed by atoms with Gasteiger partial charge in [-0.05, 0) is 30.7 Å². The molecule has 3 nitrogen and oxygen atoms in total. The molecule has 3 aromatic rings. The van der Waals surface area contributed by atoms with Gasteiger partial charge in [0, 0.05) is 22.6 Å². The van der Waals surface area contributed by atoms with Crippen molar-refractivity contribution in [2.24, 2.45) is 5.10 Å². The predicted molar refractivity (Wildman–Crippen MR) is 108 cm³/mol. The molecular formula is C23H19ClN2O. The summed E-state index contributed by atoms with van der Waals surface area (Å²) < 4.78 is 6.35. The van der Waals surface area contributed by atoms with E-state index in [1.54, 1.807) is 0 Å². The van der Waals surface area contributed by atoms with Crippen molar-refractivity contribution in [3.8, 4) is 5.75 Å². The summed E-state index contributed by atoms with van der Waals surface area (Å²) in [5, 5.41) is 7.77. The number of nitrogens with zero attached hydrogens (tertiary/aromatic N) is 2. The Labute approximate surface area is 163 Å². The molecule has 0 N–H and O–H groups in total. The fourth-order valence-corrected chi connectivity index (χ4v) is 4.03. The first kappa shape index (κ1) is 16.4. The Bertz CT molecular complexity index is 1030. The van der Waals surface area contributed by atoms with Gasteiger partial charge in [0.25, 0.3) is 0 Å². The number of rotatable bonds is 2. The van der Waals surface area contributed by atoms with Gasteiger partial charge in [-0.2, -0.15) is 5.10 Å². The molecule has 2 heterocycles. The number of hydrazone groups is 1. The van der Waals surface area contributed by atoms with Crippen LogP contribution in [0.5, 0.6) is 5.75 Å². The lowest BCUT2D eigenvalue weighted by atomic mass is 9.95. The van der Waals surface area contributed by atoms with Gasteiger partial charge >= 0.3 is 0 Å². The summed E-state index contributed by atoms with van der Waals surface area (Å²) in [4.78, 5) is 0. The third-order valence-electron chi connectivity index (χ3n) is 5.22. The fourth-order valence-electron chi connectivity index (χ4n) is 3.83. The van der Waals surface area contributed by atoms with Gasteiger partial charge in [0.15, 0.2) is 0 Å². The van der Waals surface area contributed by atoms with Crippen molar-refractivity contribution in [3.05, 3.63) is 100 Å². The lowest BCUT2D eigenvalue weighted by molar-refractivity contribution is -0.0190. The Morgan fingerprint density at radius 3 is 2.63 bits per heavy atom. The van der Waals surface area contributed by atoms with E-state index < -0.39 is 0 Å². The van der Waals surface area contributed by atoms with Gasteiger partial charge < -0.3 is 4.74 Å². The topological polar surface area (TPSA) is 24.8 Å². The van der Waals surface area contributed by atoms with Gasteiger partial charge in [0.1, 0.15) is 5.75 Å². The van der Waals surface area contributed by atoms with E-state index in [1.807, 2.05) is 36.4 Å². The Hall–Kier alpha value is -2.78. The predicted octanol–water partition coefficient (Wildman–Crippen LogP) is 5.89. The minimum Gasteiger partial charge on any atom is -0.464 e. The van der Waals surface area contributed by atoms with Gasteiger partial charge in [-0.15, -0.1) is 0 Å². The van der Waals surface area contributed by atoms with Crippen molar-refractivity contribution < 1.29 is 4.74 Å². The number of halogens is 1. The zero-order chi connectivity index (χ0) is 18.4. The second kappa shape index (κ2) is 6.43. The van der Waals surface area contributed by atoms with Crippen LogP contribution in [0, 0.1) is 6.92 Å². The molecule has 0 bridgehead atoms. The molecule has 0 fully saturated rings. The maximum absolute atomic E-state index is 6.35. The van der Waals surface area contributed by atoms with Crippen LogP contribution >= 0.6 is 11.6 Å². The molecule has 2 atom stereocenters. The second-order valence-electron chi connectivity index (χ2n) is 7.08. The second-order valence-corrected chi connectivity index (χ2v) is 7.51. The minimum atomic E-state index is -0.286. The normalized spacial score (nSPS) is 20.5. The standard InChI is InChI=1S/C23H19ClN2O/c1-15-9-11-16(12-10-15)20-14-21-19-7-2-3-8-22(19)27-23(26(21)25-20)17-5-4-6-18(24)13-17/h2-13,21,23H,14H2,1H3. The Morgan fingerprint density at radius 1 is 1.00 bits per heavy atom. The first-order valence-corrected chi connectivity index (χ1v) is 9.51. The molecule has 0 aromatic heterocycles. The van der Waals surface area contributed by atoms with Crippen LogP contribution in [0.1, 0.15) is 40.9 Å². The number of hydrogen-bond acceptors (Lipinski definition) is 3. The van der Waals surface area contributed by atoms with Gasteiger partial charge in [0.05, 0.1) is 11.8 Å². The van der Waals surface area contributed by atoms with E-state index in [4.69, 9.17) is 21.4 Å². The molecule has 134 valence electrons. The number of ether oxygens (including phenoxy) is 1. The van der Waals surface area contributed by atoms with E-state index >= 15 is 0 Å². The molecule has 0 saturated carbocycles. The van der Waals surface area contributed by atoms with E-state index in [0.717, 1.165) is 29.0 Å². The first-order valence-electron chi connectivity index (χ1n) is 9.13. The number of aryl methyl sites for hydroxylation is 1. The third kappa shape index (κ3) is 2.88. The van der Waals surface area contributed by atoms with Gasteiger partial charge in [-0.25, -0.2) is 5.01 Å². The highest BCUT2D eigenvalue weighted by Crippen LogP contribution is 2.47. The van der Waals surface area contributed by atoms with Crippen molar-refractivity contribution in [1.29, 1.82) is 0 Å². The number of fused-ring (bicyclic) bond motifs is 3. The molecule has 0 aliphatic carbocycles. The molecule has 0 spiro atoms. The van der Waals surface area contributed by atoms with Gasteiger partial charge in [0.2, 0.25) is 6.23 Å². The molecule has 0 saturated heterocycles. The summed E-state index contributed by atoms with van der Waals surface area (Å²) in [7, 11) is 0. The highest BCUT2D eigenvalue weighted by Gasteiger charge is 2.40. The lowest BCUT2D eigenvalue weighted by Gasteiger charge is -2.38. The highest BCUT2D eigenvalue weighted by molar-refractivity contribution is 6.30. The molecule has 2 unspecified atom stereocenters. The van der Waals surface area contributed by atoms with Crippen LogP contribution in [0.3, 0.4) is 0 Å². The van der Waals surface area contributed by atoms with E-state index in [2.05, 4.69) is 48.3 Å².